The molecule has 0 aromatic carbocycles. The molecule has 2 atom stereocenters. The first-order chi connectivity index (χ1) is 9.73. The first-order valence-corrected chi connectivity index (χ1v) is 7.33. The van der Waals surface area contributed by atoms with Gasteiger partial charge in [-0.2, -0.15) is 0 Å². The lowest BCUT2D eigenvalue weighted by atomic mass is 10.1. The van der Waals surface area contributed by atoms with Gasteiger partial charge < -0.3 is 20.1 Å². The number of aromatic nitrogens is 1. The van der Waals surface area contributed by atoms with E-state index in [2.05, 4.69) is 15.6 Å². The molecule has 0 aliphatic rings. The smallest absolute Gasteiger partial charge is 0.408 e. The van der Waals surface area contributed by atoms with Crippen molar-refractivity contribution in [2.24, 2.45) is 0 Å². The number of thiazole rings is 1. The van der Waals surface area contributed by atoms with Gasteiger partial charge in [0.15, 0.2) is 5.13 Å². The third-order valence-corrected chi connectivity index (χ3v) is 3.15. The van der Waals surface area contributed by atoms with Gasteiger partial charge in [0, 0.05) is 18.7 Å². The van der Waals surface area contributed by atoms with E-state index in [9.17, 15) is 9.59 Å². The summed E-state index contributed by atoms with van der Waals surface area (Å²) in [6.45, 7) is 6.92. The van der Waals surface area contributed by atoms with E-state index in [-0.39, 0.29) is 0 Å². The maximum absolute atomic E-state index is 12.2. The van der Waals surface area contributed by atoms with E-state index < -0.39 is 29.7 Å². The summed E-state index contributed by atoms with van der Waals surface area (Å²) < 4.78 is 10.3. The largest absolute Gasteiger partial charge is 0.444 e. The Kier molecular flexibility index (Phi) is 6.10. The Hall–Kier alpha value is -1.67. The third kappa shape index (κ3) is 6.09. The number of nitrogens with one attached hydrogen (secondary N) is 2. The highest BCUT2D eigenvalue weighted by molar-refractivity contribution is 7.13. The van der Waals surface area contributed by atoms with Gasteiger partial charge in [0.2, 0.25) is 0 Å². The molecule has 1 rings (SSSR count). The quantitative estimate of drug-likeness (QED) is 0.867. The number of rotatable bonds is 5. The minimum atomic E-state index is -0.881. The Labute approximate surface area is 128 Å². The molecule has 1 heterocycles. The maximum atomic E-state index is 12.2. The van der Waals surface area contributed by atoms with Gasteiger partial charge in [0.05, 0.1) is 6.10 Å². The van der Waals surface area contributed by atoms with Crippen molar-refractivity contribution >= 4 is 28.5 Å². The molecule has 2 N–H and O–H groups in total. The van der Waals surface area contributed by atoms with Gasteiger partial charge >= 0.3 is 6.09 Å². The lowest BCUT2D eigenvalue weighted by Crippen LogP contribution is -2.51. The van der Waals surface area contributed by atoms with Gasteiger partial charge in [-0.25, -0.2) is 9.78 Å². The van der Waals surface area contributed by atoms with Crippen molar-refractivity contribution in [2.45, 2.75) is 45.4 Å². The summed E-state index contributed by atoms with van der Waals surface area (Å²) in [5, 5.41) is 7.34. The number of nitrogens with zero attached hydrogens (tertiary/aromatic N) is 1. The Morgan fingerprint density at radius 3 is 2.52 bits per heavy atom. The Balaban J connectivity index is 2.71. The van der Waals surface area contributed by atoms with Crippen LogP contribution in [0.15, 0.2) is 11.6 Å². The second kappa shape index (κ2) is 7.37. The van der Waals surface area contributed by atoms with E-state index in [4.69, 9.17) is 9.47 Å². The Morgan fingerprint density at radius 1 is 1.38 bits per heavy atom. The number of hydrogen-bond donors (Lipinski definition) is 2. The van der Waals surface area contributed by atoms with E-state index >= 15 is 0 Å². The average molecular weight is 315 g/mol. The van der Waals surface area contributed by atoms with E-state index in [1.807, 2.05) is 0 Å². The predicted molar refractivity (Wildman–Crippen MR) is 80.4 cm³/mol. The number of hydrogen-bond acceptors (Lipinski definition) is 6. The number of carbonyl (C=O) groups excluding carboxylic acids is 2. The predicted octanol–water partition coefficient (Wildman–Crippen LogP) is 2.01. The molecule has 0 fully saturated rings. The molecule has 1 aromatic heterocycles. The van der Waals surface area contributed by atoms with Crippen LogP contribution in [0.2, 0.25) is 0 Å². The molecule has 21 heavy (non-hydrogen) atoms. The third-order valence-electron chi connectivity index (χ3n) is 2.46. The fourth-order valence-electron chi connectivity index (χ4n) is 1.43. The summed E-state index contributed by atoms with van der Waals surface area (Å²) in [5.74, 6) is -0.412. The highest BCUT2D eigenvalue weighted by Crippen LogP contribution is 2.12. The van der Waals surface area contributed by atoms with Crippen molar-refractivity contribution in [1.82, 2.24) is 10.3 Å². The summed E-state index contributed by atoms with van der Waals surface area (Å²) in [6.07, 6.45) is 0.388. The fraction of sp³-hybridized carbons (Fsp3) is 0.615. The molecule has 0 radical (unpaired) electrons. The summed E-state index contributed by atoms with van der Waals surface area (Å²) in [7, 11) is 1.46. The van der Waals surface area contributed by atoms with Gasteiger partial charge in [-0.05, 0) is 27.7 Å². The van der Waals surface area contributed by atoms with E-state index in [0.717, 1.165) is 0 Å². The Bertz CT molecular complexity index is 470. The monoisotopic (exact) mass is 315 g/mol. The summed E-state index contributed by atoms with van der Waals surface area (Å²) in [4.78, 5) is 28.0. The zero-order valence-electron chi connectivity index (χ0n) is 12.8. The number of methoxy groups -OCH3 is 1. The first-order valence-electron chi connectivity index (χ1n) is 6.45. The minimum Gasteiger partial charge on any atom is -0.444 e. The SMILES string of the molecule is CO[C@H](C)[C@H](NC(=O)OC(C)(C)C)C(=O)Nc1nccs1. The number of carbonyl (C=O) groups is 2. The van der Waals surface area contributed by atoms with Crippen LogP contribution in [-0.2, 0) is 14.3 Å². The van der Waals surface area contributed by atoms with E-state index in [1.54, 1.807) is 39.3 Å². The highest BCUT2D eigenvalue weighted by atomic mass is 32.1. The van der Waals surface area contributed by atoms with Gasteiger partial charge in [0.1, 0.15) is 11.6 Å². The second-order valence-corrected chi connectivity index (χ2v) is 6.29. The van der Waals surface area contributed by atoms with Crippen LogP contribution in [0, 0.1) is 0 Å². The molecule has 0 bridgehead atoms. The standard InChI is InChI=1S/C13H21N3O4S/c1-8(19-5)9(15-12(18)20-13(2,3)4)10(17)16-11-14-6-7-21-11/h6-9H,1-5H3,(H,15,18)(H,14,16,17)/t8-,9+/m1/s1. The summed E-state index contributed by atoms with van der Waals surface area (Å²) >= 11 is 1.29. The average Bonchev–Trinajstić information content (AvgIpc) is 2.85. The molecule has 0 aliphatic carbocycles. The molecule has 7 nitrogen and oxygen atoms in total. The highest BCUT2D eigenvalue weighted by Gasteiger charge is 2.29. The molecule has 0 spiro atoms. The molecule has 8 heteroatoms. The molecule has 0 saturated carbocycles. The van der Waals surface area contributed by atoms with Crippen LogP contribution < -0.4 is 10.6 Å². The van der Waals surface area contributed by atoms with Crippen molar-refractivity contribution in [2.75, 3.05) is 12.4 Å². The molecule has 0 aliphatic heterocycles. The number of amides is 2. The van der Waals surface area contributed by atoms with E-state index in [0.29, 0.717) is 5.13 Å². The fourth-order valence-corrected chi connectivity index (χ4v) is 1.97. The van der Waals surface area contributed by atoms with Crippen molar-refractivity contribution < 1.29 is 19.1 Å². The first kappa shape index (κ1) is 17.4. The molecular formula is C13H21N3O4S. The summed E-state index contributed by atoms with van der Waals surface area (Å²) in [6, 6.07) is -0.881. The normalized spacial score (nSPS) is 14.1. The zero-order chi connectivity index (χ0) is 16.0. The van der Waals surface area contributed by atoms with Crippen LogP contribution in [0.4, 0.5) is 9.93 Å². The van der Waals surface area contributed by atoms with Crippen LogP contribution >= 0.6 is 11.3 Å². The molecule has 0 saturated heterocycles. The summed E-state index contributed by atoms with van der Waals surface area (Å²) in [5.41, 5.74) is -0.642. The second-order valence-electron chi connectivity index (χ2n) is 5.39. The van der Waals surface area contributed by atoms with Crippen molar-refractivity contribution in [1.29, 1.82) is 0 Å². The molecule has 2 amide bonds. The molecule has 1 aromatic rings. The van der Waals surface area contributed by atoms with Gasteiger partial charge in [-0.1, -0.05) is 0 Å². The van der Waals surface area contributed by atoms with Crippen LogP contribution in [0.25, 0.3) is 0 Å². The van der Waals surface area contributed by atoms with Crippen molar-refractivity contribution in [3.8, 4) is 0 Å². The lowest BCUT2D eigenvalue weighted by molar-refractivity contribution is -0.121. The van der Waals surface area contributed by atoms with Crippen LogP contribution in [0.5, 0.6) is 0 Å². The van der Waals surface area contributed by atoms with Crippen LogP contribution in [0.1, 0.15) is 27.7 Å². The van der Waals surface area contributed by atoms with E-state index in [1.165, 1.54) is 18.4 Å². The van der Waals surface area contributed by atoms with Gasteiger partial charge in [-0.3, -0.25) is 4.79 Å². The van der Waals surface area contributed by atoms with Crippen molar-refractivity contribution in [3.05, 3.63) is 11.6 Å². The molecule has 0 unspecified atom stereocenters. The topological polar surface area (TPSA) is 89.5 Å². The Morgan fingerprint density at radius 2 is 2.05 bits per heavy atom. The maximum Gasteiger partial charge on any atom is 0.408 e. The van der Waals surface area contributed by atoms with Gasteiger partial charge in [0.25, 0.3) is 5.91 Å². The number of alkyl carbamates (subject to hydrolysis) is 1. The lowest BCUT2D eigenvalue weighted by Gasteiger charge is -2.25. The number of ether oxygens (including phenoxy) is 2. The van der Waals surface area contributed by atoms with Crippen LogP contribution in [0.3, 0.4) is 0 Å². The van der Waals surface area contributed by atoms with Gasteiger partial charge in [-0.15, -0.1) is 11.3 Å². The molecular weight excluding hydrogens is 294 g/mol. The minimum absolute atomic E-state index is 0.412. The number of anilines is 1. The van der Waals surface area contributed by atoms with Crippen molar-refractivity contribution in [3.63, 3.8) is 0 Å². The molecule has 118 valence electrons. The van der Waals surface area contributed by atoms with Crippen LogP contribution in [-0.4, -0.2) is 41.8 Å². The zero-order valence-corrected chi connectivity index (χ0v) is 13.6.